The van der Waals surface area contributed by atoms with Crippen molar-refractivity contribution in [1.29, 1.82) is 0 Å². The Morgan fingerprint density at radius 1 is 1.03 bits per heavy atom. The Hall–Kier alpha value is -3.92. The predicted molar refractivity (Wildman–Crippen MR) is 125 cm³/mol. The summed E-state index contributed by atoms with van der Waals surface area (Å²) in [6, 6.07) is 16.9. The third-order valence-corrected chi connectivity index (χ3v) is 6.82. The number of amides is 1. The number of nitrogens with one attached hydrogen (secondary N) is 1. The van der Waals surface area contributed by atoms with Gasteiger partial charge in [0.05, 0.1) is 33.9 Å². The zero-order valence-corrected chi connectivity index (χ0v) is 19.1. The molecule has 0 heterocycles. The van der Waals surface area contributed by atoms with Gasteiger partial charge in [-0.2, -0.15) is 0 Å². The van der Waals surface area contributed by atoms with Gasteiger partial charge in [-0.3, -0.25) is 19.2 Å². The molecule has 9 nitrogen and oxygen atoms in total. The van der Waals surface area contributed by atoms with Crippen LogP contribution in [0.3, 0.4) is 0 Å². The van der Waals surface area contributed by atoms with Crippen LogP contribution in [0.25, 0.3) is 0 Å². The average Bonchev–Trinajstić information content (AvgIpc) is 2.79. The van der Waals surface area contributed by atoms with Gasteiger partial charge in [0.1, 0.15) is 12.3 Å². The van der Waals surface area contributed by atoms with Crippen LogP contribution in [-0.4, -0.2) is 32.9 Å². The number of ether oxygens (including phenoxy) is 1. The molecule has 0 radical (unpaired) electrons. The number of nitro groups is 1. The first kappa shape index (κ1) is 23.7. The molecule has 0 spiro atoms. The molecule has 0 saturated carbocycles. The maximum absolute atomic E-state index is 13.4. The predicted octanol–water partition coefficient (Wildman–Crippen LogP) is 4.05. The maximum atomic E-state index is 13.4. The number of nitrogens with zero attached hydrogens (tertiary/aromatic N) is 2. The Labute approximate surface area is 191 Å². The van der Waals surface area contributed by atoms with Crippen LogP contribution in [-0.2, 0) is 14.8 Å². The number of methoxy groups -OCH3 is 1. The molecule has 0 aromatic heterocycles. The second kappa shape index (κ2) is 9.70. The second-order valence-electron chi connectivity index (χ2n) is 7.28. The number of anilines is 2. The van der Waals surface area contributed by atoms with Crippen LogP contribution in [0.2, 0.25) is 0 Å². The van der Waals surface area contributed by atoms with Crippen molar-refractivity contribution in [2.24, 2.45) is 0 Å². The van der Waals surface area contributed by atoms with E-state index in [0.717, 1.165) is 9.87 Å². The quantitative estimate of drug-likeness (QED) is 0.393. The van der Waals surface area contributed by atoms with Crippen molar-refractivity contribution >= 4 is 33.0 Å². The summed E-state index contributed by atoms with van der Waals surface area (Å²) in [5, 5.41) is 13.8. The molecular weight excluding hydrogens is 446 g/mol. The van der Waals surface area contributed by atoms with Gasteiger partial charge >= 0.3 is 0 Å². The van der Waals surface area contributed by atoms with Crippen LogP contribution >= 0.6 is 0 Å². The van der Waals surface area contributed by atoms with Gasteiger partial charge in [-0.1, -0.05) is 23.8 Å². The Bertz CT molecular complexity index is 1270. The fourth-order valence-corrected chi connectivity index (χ4v) is 4.60. The molecule has 172 valence electrons. The number of sulfonamides is 1. The number of carbonyl (C=O) groups excluding carboxylic acids is 1. The molecule has 1 N–H and O–H groups in total. The van der Waals surface area contributed by atoms with E-state index in [4.69, 9.17) is 4.74 Å². The molecule has 0 unspecified atom stereocenters. The lowest BCUT2D eigenvalue weighted by Gasteiger charge is -2.24. The number of hydrogen-bond acceptors (Lipinski definition) is 6. The van der Waals surface area contributed by atoms with Crippen molar-refractivity contribution < 1.29 is 22.9 Å². The van der Waals surface area contributed by atoms with Gasteiger partial charge < -0.3 is 10.1 Å². The number of carbonyl (C=O) groups is 1. The number of hydrogen-bond donors (Lipinski definition) is 1. The minimum Gasteiger partial charge on any atom is -0.497 e. The van der Waals surface area contributed by atoms with E-state index in [0.29, 0.717) is 5.75 Å². The molecular formula is C23H23N3O6S. The van der Waals surface area contributed by atoms with Crippen molar-refractivity contribution in [3.8, 4) is 5.75 Å². The molecule has 3 rings (SSSR count). The van der Waals surface area contributed by atoms with Crippen LogP contribution in [0.4, 0.5) is 17.1 Å². The van der Waals surface area contributed by atoms with E-state index in [9.17, 15) is 23.3 Å². The lowest BCUT2D eigenvalue weighted by Crippen LogP contribution is -2.38. The minimum atomic E-state index is -4.09. The van der Waals surface area contributed by atoms with Crippen LogP contribution < -0.4 is 14.4 Å². The second-order valence-corrected chi connectivity index (χ2v) is 9.14. The van der Waals surface area contributed by atoms with E-state index in [1.807, 2.05) is 6.92 Å². The highest BCUT2D eigenvalue weighted by atomic mass is 32.2. The molecule has 0 bridgehead atoms. The number of benzene rings is 3. The van der Waals surface area contributed by atoms with Crippen molar-refractivity contribution in [3.63, 3.8) is 0 Å². The highest BCUT2D eigenvalue weighted by Crippen LogP contribution is 2.28. The summed E-state index contributed by atoms with van der Waals surface area (Å²) >= 11 is 0. The first-order chi connectivity index (χ1) is 15.6. The third kappa shape index (κ3) is 5.29. The van der Waals surface area contributed by atoms with Gasteiger partial charge in [0.2, 0.25) is 5.91 Å². The summed E-state index contributed by atoms with van der Waals surface area (Å²) < 4.78 is 33.0. The van der Waals surface area contributed by atoms with E-state index in [-0.39, 0.29) is 27.5 Å². The van der Waals surface area contributed by atoms with E-state index in [2.05, 4.69) is 5.32 Å². The first-order valence-corrected chi connectivity index (χ1v) is 11.3. The van der Waals surface area contributed by atoms with E-state index < -0.39 is 27.4 Å². The van der Waals surface area contributed by atoms with Crippen molar-refractivity contribution in [2.75, 3.05) is 23.3 Å². The van der Waals surface area contributed by atoms with E-state index in [1.165, 1.54) is 56.5 Å². The van der Waals surface area contributed by atoms with Gasteiger partial charge in [-0.05, 0) is 56.3 Å². The zero-order valence-electron chi connectivity index (χ0n) is 18.3. The third-order valence-electron chi connectivity index (χ3n) is 5.03. The van der Waals surface area contributed by atoms with Gasteiger partial charge in [0.15, 0.2) is 0 Å². The summed E-state index contributed by atoms with van der Waals surface area (Å²) in [6.07, 6.45) is 0. The lowest BCUT2D eigenvalue weighted by atomic mass is 10.1. The van der Waals surface area contributed by atoms with Crippen LogP contribution in [0.5, 0.6) is 5.75 Å². The van der Waals surface area contributed by atoms with Crippen molar-refractivity contribution in [1.82, 2.24) is 0 Å². The fraction of sp³-hybridized carbons (Fsp3) is 0.174. The van der Waals surface area contributed by atoms with E-state index >= 15 is 0 Å². The van der Waals surface area contributed by atoms with Crippen LogP contribution in [0, 0.1) is 24.0 Å². The number of rotatable bonds is 8. The molecule has 0 fully saturated rings. The Balaban J connectivity index is 1.96. The summed E-state index contributed by atoms with van der Waals surface area (Å²) in [4.78, 5) is 23.5. The molecule has 0 aliphatic heterocycles. The van der Waals surface area contributed by atoms with Crippen molar-refractivity contribution in [2.45, 2.75) is 18.7 Å². The summed E-state index contributed by atoms with van der Waals surface area (Å²) in [5.41, 5.74) is 1.52. The Morgan fingerprint density at radius 2 is 1.67 bits per heavy atom. The first-order valence-electron chi connectivity index (χ1n) is 9.91. The van der Waals surface area contributed by atoms with Gasteiger partial charge in [-0.15, -0.1) is 0 Å². The van der Waals surface area contributed by atoms with Gasteiger partial charge in [0, 0.05) is 6.07 Å². The minimum absolute atomic E-state index is 0.0308. The summed E-state index contributed by atoms with van der Waals surface area (Å²) in [6.45, 7) is 2.81. The molecule has 33 heavy (non-hydrogen) atoms. The number of aryl methyl sites for hydroxylation is 1. The summed E-state index contributed by atoms with van der Waals surface area (Å²) in [7, 11) is -2.60. The normalized spacial score (nSPS) is 11.0. The maximum Gasteiger partial charge on any atom is 0.274 e. The molecule has 1 amide bonds. The SMILES string of the molecule is COc1ccc(N(CC(=O)Nc2cccc([N+](=O)[O-])c2C)S(=O)(=O)c2ccc(C)cc2)cc1. The highest BCUT2D eigenvalue weighted by molar-refractivity contribution is 7.92. The van der Waals surface area contributed by atoms with E-state index in [1.54, 1.807) is 24.3 Å². The standard InChI is InChI=1S/C23H23N3O6S/c1-16-7-13-20(14-8-16)33(30,31)25(18-9-11-19(32-3)12-10-18)15-23(27)24-21-5-4-6-22(17(21)2)26(28)29/h4-14H,15H2,1-3H3,(H,24,27). The Morgan fingerprint density at radius 3 is 2.24 bits per heavy atom. The zero-order chi connectivity index (χ0) is 24.2. The van der Waals surface area contributed by atoms with Crippen molar-refractivity contribution in [3.05, 3.63) is 88.0 Å². The molecule has 0 atom stereocenters. The van der Waals surface area contributed by atoms with Gasteiger partial charge in [-0.25, -0.2) is 8.42 Å². The highest BCUT2D eigenvalue weighted by Gasteiger charge is 2.28. The van der Waals surface area contributed by atoms with Crippen LogP contribution in [0.15, 0.2) is 71.6 Å². The molecule has 0 saturated heterocycles. The van der Waals surface area contributed by atoms with Crippen LogP contribution in [0.1, 0.15) is 11.1 Å². The number of nitro benzene ring substituents is 1. The average molecular weight is 470 g/mol. The molecule has 0 aliphatic carbocycles. The Kier molecular flexibility index (Phi) is 6.98. The molecule has 10 heteroatoms. The monoisotopic (exact) mass is 469 g/mol. The topological polar surface area (TPSA) is 119 Å². The summed E-state index contributed by atoms with van der Waals surface area (Å²) in [5.74, 6) is -0.117. The fourth-order valence-electron chi connectivity index (χ4n) is 3.18. The lowest BCUT2D eigenvalue weighted by molar-refractivity contribution is -0.385. The molecule has 3 aromatic carbocycles. The molecule has 0 aliphatic rings. The smallest absolute Gasteiger partial charge is 0.274 e. The van der Waals surface area contributed by atoms with Gasteiger partial charge in [0.25, 0.3) is 15.7 Å². The molecule has 3 aromatic rings. The largest absolute Gasteiger partial charge is 0.497 e.